The second-order valence-corrected chi connectivity index (χ2v) is 5.09. The van der Waals surface area contributed by atoms with Crippen LogP contribution in [0.4, 0.5) is 0 Å². The number of hydrogen-bond acceptors (Lipinski definition) is 1. The lowest BCUT2D eigenvalue weighted by Gasteiger charge is -2.01. The second-order valence-electron chi connectivity index (χ2n) is 5.09. The van der Waals surface area contributed by atoms with Crippen LogP contribution >= 0.6 is 0 Å². The number of carbonyl (C=O) groups excluding carboxylic acids is 1. The van der Waals surface area contributed by atoms with Crippen molar-refractivity contribution in [3.05, 3.63) is 71.3 Å². The molecule has 90 valence electrons. The lowest BCUT2D eigenvalue weighted by molar-refractivity contribution is 0.104. The summed E-state index contributed by atoms with van der Waals surface area (Å²) >= 11 is 0. The molecule has 0 atom stereocenters. The molecule has 0 saturated heterocycles. The van der Waals surface area contributed by atoms with Crippen LogP contribution in [0.1, 0.15) is 21.5 Å². The van der Waals surface area contributed by atoms with Crippen molar-refractivity contribution in [3.63, 3.8) is 0 Å². The highest BCUT2D eigenvalue weighted by Crippen LogP contribution is 2.45. The molecule has 0 heterocycles. The first kappa shape index (κ1) is 10.5. The van der Waals surface area contributed by atoms with Crippen molar-refractivity contribution in [3.8, 4) is 22.3 Å². The molecular formula is C18H12O. The quantitative estimate of drug-likeness (QED) is 0.450. The van der Waals surface area contributed by atoms with Crippen LogP contribution in [0.2, 0.25) is 0 Å². The van der Waals surface area contributed by atoms with Crippen LogP contribution in [0, 0.1) is 6.92 Å². The smallest absolute Gasteiger partial charge is 0.194 e. The van der Waals surface area contributed by atoms with Crippen molar-refractivity contribution in [2.75, 3.05) is 0 Å². The van der Waals surface area contributed by atoms with Crippen molar-refractivity contribution >= 4 is 5.78 Å². The van der Waals surface area contributed by atoms with Gasteiger partial charge in [0, 0.05) is 11.1 Å². The maximum absolute atomic E-state index is 12.6. The van der Waals surface area contributed by atoms with Crippen molar-refractivity contribution in [1.29, 1.82) is 0 Å². The maximum Gasteiger partial charge on any atom is 0.194 e. The molecule has 0 spiro atoms. The van der Waals surface area contributed by atoms with Crippen molar-refractivity contribution < 1.29 is 4.79 Å². The number of ketones is 1. The van der Waals surface area contributed by atoms with Gasteiger partial charge in [-0.05, 0) is 41.3 Å². The molecule has 19 heavy (non-hydrogen) atoms. The number of aryl methyl sites for hydroxylation is 1. The van der Waals surface area contributed by atoms with Crippen molar-refractivity contribution in [1.82, 2.24) is 0 Å². The molecule has 0 aromatic heterocycles. The summed E-state index contributed by atoms with van der Waals surface area (Å²) in [5.74, 6) is 0.162. The van der Waals surface area contributed by atoms with E-state index >= 15 is 0 Å². The summed E-state index contributed by atoms with van der Waals surface area (Å²) in [6.45, 7) is 2.02. The summed E-state index contributed by atoms with van der Waals surface area (Å²) in [5, 5.41) is 0. The van der Waals surface area contributed by atoms with Gasteiger partial charge in [0.1, 0.15) is 0 Å². The minimum absolute atomic E-state index is 0.162. The molecule has 0 bridgehead atoms. The van der Waals surface area contributed by atoms with Gasteiger partial charge >= 0.3 is 0 Å². The zero-order valence-electron chi connectivity index (χ0n) is 10.6. The lowest BCUT2D eigenvalue weighted by Crippen LogP contribution is -1.96. The van der Waals surface area contributed by atoms with Gasteiger partial charge in [0.05, 0.1) is 0 Å². The predicted octanol–water partition coefficient (Wildman–Crippen LogP) is 4.31. The predicted molar refractivity (Wildman–Crippen MR) is 76.7 cm³/mol. The standard InChI is InChI=1S/C18H12O/c1-11-7-8-14-15-10-12-5-3-2-4-6-13(12)17(15)18(19)16(14)9-11/h2-10H,1H3. The first-order valence-electron chi connectivity index (χ1n) is 6.43. The normalized spacial score (nSPS) is 12.6. The van der Waals surface area contributed by atoms with Gasteiger partial charge in [-0.3, -0.25) is 4.79 Å². The van der Waals surface area contributed by atoms with E-state index in [0.717, 1.165) is 38.9 Å². The average Bonchev–Trinajstić information content (AvgIpc) is 2.77. The van der Waals surface area contributed by atoms with E-state index in [0.29, 0.717) is 0 Å². The van der Waals surface area contributed by atoms with E-state index in [9.17, 15) is 4.79 Å². The summed E-state index contributed by atoms with van der Waals surface area (Å²) in [7, 11) is 0. The zero-order valence-corrected chi connectivity index (χ0v) is 10.6. The van der Waals surface area contributed by atoms with E-state index in [2.05, 4.69) is 24.3 Å². The topological polar surface area (TPSA) is 17.1 Å². The van der Waals surface area contributed by atoms with Crippen LogP contribution in [0.5, 0.6) is 0 Å². The van der Waals surface area contributed by atoms with E-state index in [1.54, 1.807) is 0 Å². The first-order chi connectivity index (χ1) is 9.25. The molecule has 3 aliphatic rings. The molecule has 1 nitrogen and oxygen atoms in total. The maximum atomic E-state index is 12.6. The van der Waals surface area contributed by atoms with Crippen molar-refractivity contribution in [2.24, 2.45) is 0 Å². The van der Waals surface area contributed by atoms with Crippen molar-refractivity contribution in [2.45, 2.75) is 6.92 Å². The third kappa shape index (κ3) is 1.33. The summed E-state index contributed by atoms with van der Waals surface area (Å²) in [4.78, 5) is 12.6. The molecule has 1 aromatic rings. The molecule has 0 fully saturated rings. The van der Waals surface area contributed by atoms with Crippen LogP contribution in [0.15, 0.2) is 54.6 Å². The number of carbonyl (C=O) groups is 1. The Morgan fingerprint density at radius 2 is 1.58 bits per heavy atom. The van der Waals surface area contributed by atoms with Crippen LogP contribution in [0.3, 0.4) is 0 Å². The van der Waals surface area contributed by atoms with E-state index < -0.39 is 0 Å². The Bertz CT molecular complexity index is 799. The van der Waals surface area contributed by atoms with Gasteiger partial charge in [0.15, 0.2) is 5.78 Å². The molecule has 3 aliphatic carbocycles. The summed E-state index contributed by atoms with van der Waals surface area (Å²) in [5.41, 5.74) is 7.19. The van der Waals surface area contributed by atoms with Crippen LogP contribution < -0.4 is 0 Å². The highest BCUT2D eigenvalue weighted by molar-refractivity contribution is 6.26. The van der Waals surface area contributed by atoms with Gasteiger partial charge in [-0.2, -0.15) is 0 Å². The highest BCUT2D eigenvalue weighted by Gasteiger charge is 2.31. The SMILES string of the molecule is Cc1ccc2c(c1)C(=O)c1c3cccccc-3cc1-2. The van der Waals surface area contributed by atoms with Gasteiger partial charge in [-0.15, -0.1) is 0 Å². The number of hydrogen-bond donors (Lipinski definition) is 0. The van der Waals surface area contributed by atoms with Crippen LogP contribution in [-0.2, 0) is 0 Å². The third-order valence-corrected chi connectivity index (χ3v) is 3.85. The fourth-order valence-corrected chi connectivity index (χ4v) is 2.96. The van der Waals surface area contributed by atoms with Crippen LogP contribution in [0.25, 0.3) is 22.3 Å². The molecule has 1 heteroatoms. The number of fused-ring (bicyclic) bond motifs is 5. The molecule has 0 radical (unpaired) electrons. The minimum Gasteiger partial charge on any atom is -0.289 e. The lowest BCUT2D eigenvalue weighted by atomic mass is 10.0. The molecule has 4 rings (SSSR count). The van der Waals surface area contributed by atoms with E-state index in [1.165, 1.54) is 0 Å². The summed E-state index contributed by atoms with van der Waals surface area (Å²) < 4.78 is 0. The Balaban J connectivity index is 2.11. The van der Waals surface area contributed by atoms with Gasteiger partial charge in [0.25, 0.3) is 0 Å². The average molecular weight is 244 g/mol. The van der Waals surface area contributed by atoms with Gasteiger partial charge in [-0.25, -0.2) is 0 Å². The fraction of sp³-hybridized carbons (Fsp3) is 0.0556. The molecule has 0 N–H and O–H groups in total. The number of benzene rings is 1. The molecule has 1 aromatic carbocycles. The Hall–Kier alpha value is -2.41. The Morgan fingerprint density at radius 1 is 0.737 bits per heavy atom. The zero-order chi connectivity index (χ0) is 13.0. The van der Waals surface area contributed by atoms with E-state index in [4.69, 9.17) is 0 Å². The summed E-state index contributed by atoms with van der Waals surface area (Å²) in [6.07, 6.45) is 0. The second kappa shape index (κ2) is 3.55. The van der Waals surface area contributed by atoms with Gasteiger partial charge in [0.2, 0.25) is 0 Å². The Morgan fingerprint density at radius 3 is 2.47 bits per heavy atom. The first-order valence-corrected chi connectivity index (χ1v) is 6.43. The monoisotopic (exact) mass is 244 g/mol. The largest absolute Gasteiger partial charge is 0.289 e. The molecular weight excluding hydrogens is 232 g/mol. The number of rotatable bonds is 0. The highest BCUT2D eigenvalue weighted by atomic mass is 16.1. The Labute approximate surface area is 111 Å². The molecule has 0 unspecified atom stereocenters. The third-order valence-electron chi connectivity index (χ3n) is 3.85. The minimum atomic E-state index is 0.162. The van der Waals surface area contributed by atoms with E-state index in [-0.39, 0.29) is 5.78 Å². The van der Waals surface area contributed by atoms with Gasteiger partial charge < -0.3 is 0 Å². The summed E-state index contributed by atoms with van der Waals surface area (Å²) in [6, 6.07) is 18.3. The molecule has 0 aliphatic heterocycles. The molecule has 0 amide bonds. The fourth-order valence-electron chi connectivity index (χ4n) is 2.96. The molecule has 0 saturated carbocycles. The Kier molecular flexibility index (Phi) is 1.96. The van der Waals surface area contributed by atoms with Crippen LogP contribution in [-0.4, -0.2) is 5.78 Å². The van der Waals surface area contributed by atoms with E-state index in [1.807, 2.05) is 37.3 Å². The van der Waals surface area contributed by atoms with Gasteiger partial charge in [-0.1, -0.05) is 48.0 Å².